The smallest absolute Gasteiger partial charge is 0.135 e. The molecule has 4 rings (SSSR count). The van der Waals surface area contributed by atoms with Gasteiger partial charge in [0.15, 0.2) is 0 Å². The second kappa shape index (κ2) is 5.81. The lowest BCUT2D eigenvalue weighted by atomic mass is 10.1. The largest absolute Gasteiger partial charge is 0.456 e. The molecule has 0 radical (unpaired) electrons. The molecule has 0 bridgehead atoms. The summed E-state index contributed by atoms with van der Waals surface area (Å²) in [6.07, 6.45) is 0. The normalized spacial score (nSPS) is 11.2. The molecular weight excluding hydrogens is 282 g/mol. The molecule has 0 aliphatic heterocycles. The van der Waals surface area contributed by atoms with Gasteiger partial charge >= 0.3 is 0 Å². The third kappa shape index (κ3) is 2.57. The van der Waals surface area contributed by atoms with Crippen LogP contribution in [0.1, 0.15) is 12.5 Å². The average molecular weight is 301 g/mol. The molecule has 1 aromatic heterocycles. The predicted molar refractivity (Wildman–Crippen MR) is 96.9 cm³/mol. The first kappa shape index (κ1) is 13.9. The van der Waals surface area contributed by atoms with Gasteiger partial charge in [-0.3, -0.25) is 0 Å². The standard InChI is InChI=1S/C21H19NO/c1-2-22(17-8-4-3-5-9-17)15-16-12-13-19-18-10-6-7-11-20(18)23-21(19)14-16/h3-14H,2,15H2,1H3. The van der Waals surface area contributed by atoms with Crippen LogP contribution in [-0.4, -0.2) is 6.54 Å². The van der Waals surface area contributed by atoms with E-state index in [9.17, 15) is 0 Å². The first-order valence-electron chi connectivity index (χ1n) is 8.05. The van der Waals surface area contributed by atoms with Gasteiger partial charge in [-0.05, 0) is 36.8 Å². The van der Waals surface area contributed by atoms with E-state index in [1.165, 1.54) is 22.0 Å². The van der Waals surface area contributed by atoms with E-state index in [1.807, 2.05) is 12.1 Å². The van der Waals surface area contributed by atoms with Gasteiger partial charge in [-0.25, -0.2) is 0 Å². The van der Waals surface area contributed by atoms with Crippen molar-refractivity contribution < 1.29 is 4.42 Å². The maximum absolute atomic E-state index is 6.00. The van der Waals surface area contributed by atoms with Gasteiger partial charge in [0.05, 0.1) is 0 Å². The van der Waals surface area contributed by atoms with Crippen LogP contribution in [0.15, 0.2) is 77.2 Å². The molecule has 4 aromatic rings. The van der Waals surface area contributed by atoms with E-state index in [0.29, 0.717) is 0 Å². The number of rotatable bonds is 4. The molecule has 0 unspecified atom stereocenters. The Labute approximate surface area is 136 Å². The summed E-state index contributed by atoms with van der Waals surface area (Å²) in [5.74, 6) is 0. The number of hydrogen-bond acceptors (Lipinski definition) is 2. The SMILES string of the molecule is CCN(Cc1ccc2c(c1)oc1ccccc12)c1ccccc1. The fourth-order valence-electron chi connectivity index (χ4n) is 3.11. The quantitative estimate of drug-likeness (QED) is 0.487. The minimum atomic E-state index is 0.882. The van der Waals surface area contributed by atoms with Gasteiger partial charge in [0.25, 0.3) is 0 Å². The van der Waals surface area contributed by atoms with Gasteiger partial charge in [-0.2, -0.15) is 0 Å². The van der Waals surface area contributed by atoms with Crippen LogP contribution in [0.4, 0.5) is 5.69 Å². The van der Waals surface area contributed by atoms with Crippen molar-refractivity contribution >= 4 is 27.6 Å². The summed E-state index contributed by atoms with van der Waals surface area (Å²) < 4.78 is 6.00. The fraction of sp³-hybridized carbons (Fsp3) is 0.143. The van der Waals surface area contributed by atoms with Gasteiger partial charge in [0, 0.05) is 29.5 Å². The number of furan rings is 1. The summed E-state index contributed by atoms with van der Waals surface area (Å²) in [7, 11) is 0. The number of para-hydroxylation sites is 2. The first-order chi connectivity index (χ1) is 11.3. The van der Waals surface area contributed by atoms with E-state index in [-0.39, 0.29) is 0 Å². The van der Waals surface area contributed by atoms with Crippen molar-refractivity contribution in [3.05, 3.63) is 78.4 Å². The van der Waals surface area contributed by atoms with Crippen molar-refractivity contribution in [2.75, 3.05) is 11.4 Å². The molecule has 3 aromatic carbocycles. The summed E-state index contributed by atoms with van der Waals surface area (Å²) in [5, 5.41) is 2.37. The molecule has 0 saturated heterocycles. The lowest BCUT2D eigenvalue weighted by molar-refractivity contribution is 0.667. The van der Waals surface area contributed by atoms with Crippen molar-refractivity contribution in [1.29, 1.82) is 0 Å². The number of hydrogen-bond donors (Lipinski definition) is 0. The molecule has 0 amide bonds. The summed E-state index contributed by atoms with van der Waals surface area (Å²) in [5.41, 5.74) is 4.44. The van der Waals surface area contributed by atoms with Crippen LogP contribution < -0.4 is 4.90 Å². The molecule has 0 aliphatic carbocycles. The highest BCUT2D eigenvalue weighted by Crippen LogP contribution is 2.29. The molecule has 0 spiro atoms. The van der Waals surface area contributed by atoms with Crippen LogP contribution in [0.5, 0.6) is 0 Å². The highest BCUT2D eigenvalue weighted by Gasteiger charge is 2.09. The third-order valence-electron chi connectivity index (χ3n) is 4.32. The zero-order chi connectivity index (χ0) is 15.6. The Bertz CT molecular complexity index is 940. The van der Waals surface area contributed by atoms with Crippen LogP contribution in [0.3, 0.4) is 0 Å². The van der Waals surface area contributed by atoms with E-state index < -0.39 is 0 Å². The van der Waals surface area contributed by atoms with Gasteiger partial charge < -0.3 is 9.32 Å². The lowest BCUT2D eigenvalue weighted by Gasteiger charge is -2.23. The summed E-state index contributed by atoms with van der Waals surface area (Å²) in [6, 6.07) is 25.3. The molecule has 2 nitrogen and oxygen atoms in total. The minimum absolute atomic E-state index is 0.882. The third-order valence-corrected chi connectivity index (χ3v) is 4.32. The van der Waals surface area contributed by atoms with Gasteiger partial charge in [0.1, 0.15) is 11.2 Å². The molecule has 0 aliphatic rings. The molecule has 0 N–H and O–H groups in total. The molecule has 0 atom stereocenters. The van der Waals surface area contributed by atoms with Crippen LogP contribution >= 0.6 is 0 Å². The van der Waals surface area contributed by atoms with Gasteiger partial charge in [0.2, 0.25) is 0 Å². The van der Waals surface area contributed by atoms with Crippen molar-refractivity contribution in [2.45, 2.75) is 13.5 Å². The average Bonchev–Trinajstić information content (AvgIpc) is 2.98. The van der Waals surface area contributed by atoms with Crippen LogP contribution in [-0.2, 0) is 6.54 Å². The lowest BCUT2D eigenvalue weighted by Crippen LogP contribution is -2.21. The highest BCUT2D eigenvalue weighted by molar-refractivity contribution is 6.04. The first-order valence-corrected chi connectivity index (χ1v) is 8.05. The predicted octanol–water partition coefficient (Wildman–Crippen LogP) is 5.61. The Morgan fingerprint density at radius 1 is 0.783 bits per heavy atom. The van der Waals surface area contributed by atoms with Crippen molar-refractivity contribution in [1.82, 2.24) is 0 Å². The molecule has 2 heteroatoms. The van der Waals surface area contributed by atoms with Gasteiger partial charge in [-0.1, -0.05) is 48.5 Å². The molecule has 0 saturated carbocycles. The van der Waals surface area contributed by atoms with Crippen LogP contribution in [0, 0.1) is 0 Å². The van der Waals surface area contributed by atoms with Crippen molar-refractivity contribution in [3.8, 4) is 0 Å². The number of nitrogens with zero attached hydrogens (tertiary/aromatic N) is 1. The fourth-order valence-corrected chi connectivity index (χ4v) is 3.11. The Balaban J connectivity index is 1.70. The van der Waals surface area contributed by atoms with E-state index >= 15 is 0 Å². The zero-order valence-corrected chi connectivity index (χ0v) is 13.2. The molecular formula is C21H19NO. The van der Waals surface area contributed by atoms with Crippen LogP contribution in [0.2, 0.25) is 0 Å². The molecule has 0 fully saturated rings. The summed E-state index contributed by atoms with van der Waals surface area (Å²) in [4.78, 5) is 2.36. The topological polar surface area (TPSA) is 16.4 Å². The molecule has 23 heavy (non-hydrogen) atoms. The Morgan fingerprint density at radius 3 is 2.35 bits per heavy atom. The molecule has 114 valence electrons. The minimum Gasteiger partial charge on any atom is -0.456 e. The van der Waals surface area contributed by atoms with E-state index in [2.05, 4.69) is 72.5 Å². The Hall–Kier alpha value is -2.74. The zero-order valence-electron chi connectivity index (χ0n) is 13.2. The van der Waals surface area contributed by atoms with E-state index in [0.717, 1.165) is 24.3 Å². The van der Waals surface area contributed by atoms with Crippen LogP contribution in [0.25, 0.3) is 21.9 Å². The van der Waals surface area contributed by atoms with Gasteiger partial charge in [-0.15, -0.1) is 0 Å². The van der Waals surface area contributed by atoms with Crippen molar-refractivity contribution in [2.24, 2.45) is 0 Å². The van der Waals surface area contributed by atoms with E-state index in [4.69, 9.17) is 4.42 Å². The number of benzene rings is 3. The monoisotopic (exact) mass is 301 g/mol. The number of anilines is 1. The highest BCUT2D eigenvalue weighted by atomic mass is 16.3. The molecule has 1 heterocycles. The van der Waals surface area contributed by atoms with Crippen molar-refractivity contribution in [3.63, 3.8) is 0 Å². The summed E-state index contributed by atoms with van der Waals surface area (Å²) in [6.45, 7) is 4.04. The van der Waals surface area contributed by atoms with E-state index in [1.54, 1.807) is 0 Å². The second-order valence-electron chi connectivity index (χ2n) is 5.78. The Morgan fingerprint density at radius 2 is 1.52 bits per heavy atom. The Kier molecular flexibility index (Phi) is 3.51. The maximum Gasteiger partial charge on any atom is 0.135 e. The number of fused-ring (bicyclic) bond motifs is 3. The summed E-state index contributed by atoms with van der Waals surface area (Å²) >= 11 is 0. The second-order valence-corrected chi connectivity index (χ2v) is 5.78. The maximum atomic E-state index is 6.00.